The summed E-state index contributed by atoms with van der Waals surface area (Å²) in [7, 11) is 1.21. The summed E-state index contributed by atoms with van der Waals surface area (Å²) in [5, 5.41) is 7.88. The van der Waals surface area contributed by atoms with Gasteiger partial charge in [-0.15, -0.1) is 0 Å². The Morgan fingerprint density at radius 3 is 2.21 bits per heavy atom. The van der Waals surface area contributed by atoms with E-state index in [4.69, 9.17) is 12.2 Å². The van der Waals surface area contributed by atoms with Crippen molar-refractivity contribution in [3.8, 4) is 0 Å². The number of methoxy groups -OCH3 is 1. The van der Waals surface area contributed by atoms with Gasteiger partial charge >= 0.3 is 6.09 Å². The standard InChI is InChI=1S/C20H21N3O4S/c1-12(2)18(25)21-15-10-9-14(17(24)13-7-5-4-6-8-13)11-16(15)22-19(28)23-20(26)27-3/h4-12H,1-3H3,(H,21,25)(H2,22,23,26,28). The first kappa shape index (κ1) is 21.0. The molecule has 2 rings (SSSR count). The first-order chi connectivity index (χ1) is 13.3. The molecule has 8 heteroatoms. The monoisotopic (exact) mass is 399 g/mol. The average Bonchev–Trinajstić information content (AvgIpc) is 2.69. The maximum atomic E-state index is 12.7. The number of carbonyl (C=O) groups is 3. The van der Waals surface area contributed by atoms with Crippen molar-refractivity contribution in [1.82, 2.24) is 5.32 Å². The summed E-state index contributed by atoms with van der Waals surface area (Å²) >= 11 is 5.09. The molecule has 0 radical (unpaired) electrons. The number of hydrogen-bond donors (Lipinski definition) is 3. The molecule has 0 aliphatic rings. The molecule has 0 heterocycles. The molecule has 2 aromatic rings. The van der Waals surface area contributed by atoms with Gasteiger partial charge in [0.25, 0.3) is 0 Å². The van der Waals surface area contributed by atoms with E-state index in [2.05, 4.69) is 20.7 Å². The minimum absolute atomic E-state index is 0.0313. The summed E-state index contributed by atoms with van der Waals surface area (Å²) in [5.74, 6) is -0.618. The Hall–Kier alpha value is -3.26. The number of hydrogen-bond acceptors (Lipinski definition) is 5. The van der Waals surface area contributed by atoms with Crippen molar-refractivity contribution in [3.05, 3.63) is 59.7 Å². The topological polar surface area (TPSA) is 96.5 Å². The Morgan fingerprint density at radius 2 is 1.61 bits per heavy atom. The predicted octanol–water partition coefficient (Wildman–Crippen LogP) is 3.56. The molecule has 0 atom stereocenters. The lowest BCUT2D eigenvalue weighted by molar-refractivity contribution is -0.118. The number of rotatable bonds is 5. The molecule has 0 spiro atoms. The second kappa shape index (κ2) is 9.61. The molecule has 146 valence electrons. The number of carbonyl (C=O) groups excluding carboxylic acids is 3. The quantitative estimate of drug-likeness (QED) is 0.525. The maximum absolute atomic E-state index is 12.7. The molecule has 0 bridgehead atoms. The molecule has 0 aliphatic carbocycles. The molecule has 28 heavy (non-hydrogen) atoms. The molecular formula is C20H21N3O4S. The van der Waals surface area contributed by atoms with Crippen LogP contribution in [0.15, 0.2) is 48.5 Å². The third-order valence-electron chi connectivity index (χ3n) is 3.75. The smallest absolute Gasteiger partial charge is 0.413 e. The van der Waals surface area contributed by atoms with Gasteiger partial charge in [0.05, 0.1) is 18.5 Å². The summed E-state index contributed by atoms with van der Waals surface area (Å²) in [6, 6.07) is 13.6. The fraction of sp³-hybridized carbons (Fsp3) is 0.200. The lowest BCUT2D eigenvalue weighted by Crippen LogP contribution is -2.34. The van der Waals surface area contributed by atoms with Crippen LogP contribution in [0.25, 0.3) is 0 Å². The van der Waals surface area contributed by atoms with Crippen LogP contribution < -0.4 is 16.0 Å². The zero-order valence-corrected chi connectivity index (χ0v) is 16.6. The Morgan fingerprint density at radius 1 is 0.929 bits per heavy atom. The van der Waals surface area contributed by atoms with E-state index in [0.29, 0.717) is 22.5 Å². The summed E-state index contributed by atoms with van der Waals surface area (Å²) in [6.45, 7) is 3.53. The molecule has 7 nitrogen and oxygen atoms in total. The maximum Gasteiger partial charge on any atom is 0.413 e. The average molecular weight is 399 g/mol. The number of amides is 2. The number of ketones is 1. The molecule has 0 unspecified atom stereocenters. The third kappa shape index (κ3) is 5.62. The van der Waals surface area contributed by atoms with Crippen molar-refractivity contribution < 1.29 is 19.1 Å². The van der Waals surface area contributed by atoms with Gasteiger partial charge in [-0.2, -0.15) is 0 Å². The van der Waals surface area contributed by atoms with Gasteiger partial charge in [0.15, 0.2) is 10.9 Å². The Balaban J connectivity index is 2.35. The normalized spacial score (nSPS) is 10.1. The molecule has 0 saturated carbocycles. The van der Waals surface area contributed by atoms with E-state index in [-0.39, 0.29) is 22.7 Å². The lowest BCUT2D eigenvalue weighted by atomic mass is 10.0. The Kier molecular flexibility index (Phi) is 7.22. The van der Waals surface area contributed by atoms with E-state index in [0.717, 1.165) is 0 Å². The lowest BCUT2D eigenvalue weighted by Gasteiger charge is -2.16. The summed E-state index contributed by atoms with van der Waals surface area (Å²) < 4.78 is 4.50. The van der Waals surface area contributed by atoms with Gasteiger partial charge in [-0.3, -0.25) is 14.9 Å². The van der Waals surface area contributed by atoms with Crippen molar-refractivity contribution in [1.29, 1.82) is 0 Å². The van der Waals surface area contributed by atoms with E-state index in [1.807, 2.05) is 6.07 Å². The van der Waals surface area contributed by atoms with Crippen molar-refractivity contribution in [2.75, 3.05) is 17.7 Å². The van der Waals surface area contributed by atoms with Gasteiger partial charge in [-0.05, 0) is 30.4 Å². The summed E-state index contributed by atoms with van der Waals surface area (Å²) in [5.41, 5.74) is 1.73. The third-order valence-corrected chi connectivity index (χ3v) is 3.95. The summed E-state index contributed by atoms with van der Waals surface area (Å²) in [6.07, 6.45) is -0.734. The van der Waals surface area contributed by atoms with Crippen molar-refractivity contribution in [2.24, 2.45) is 5.92 Å². The van der Waals surface area contributed by atoms with Crippen molar-refractivity contribution in [2.45, 2.75) is 13.8 Å². The van der Waals surface area contributed by atoms with Gasteiger partial charge in [0.1, 0.15) is 0 Å². The highest BCUT2D eigenvalue weighted by Crippen LogP contribution is 2.25. The molecule has 0 saturated heterocycles. The van der Waals surface area contributed by atoms with Crippen LogP contribution in [-0.2, 0) is 9.53 Å². The van der Waals surface area contributed by atoms with Crippen LogP contribution >= 0.6 is 12.2 Å². The van der Waals surface area contributed by atoms with Crippen LogP contribution in [0.3, 0.4) is 0 Å². The van der Waals surface area contributed by atoms with Gasteiger partial charge in [-0.1, -0.05) is 44.2 Å². The molecule has 0 aromatic heterocycles. The molecule has 0 aliphatic heterocycles. The SMILES string of the molecule is COC(=O)NC(=S)Nc1cc(C(=O)c2ccccc2)ccc1NC(=O)C(C)C. The largest absolute Gasteiger partial charge is 0.453 e. The molecule has 3 N–H and O–H groups in total. The van der Waals surface area contributed by atoms with Gasteiger partial charge in [-0.25, -0.2) is 4.79 Å². The number of thiocarbonyl (C=S) groups is 1. The minimum atomic E-state index is -0.734. The predicted molar refractivity (Wildman–Crippen MR) is 112 cm³/mol. The van der Waals surface area contributed by atoms with Crippen molar-refractivity contribution in [3.63, 3.8) is 0 Å². The summed E-state index contributed by atoms with van der Waals surface area (Å²) in [4.78, 5) is 36.1. The zero-order chi connectivity index (χ0) is 20.7. The first-order valence-electron chi connectivity index (χ1n) is 8.52. The molecule has 0 fully saturated rings. The van der Waals surface area contributed by atoms with Crippen LogP contribution in [-0.4, -0.2) is 30.0 Å². The highest BCUT2D eigenvalue weighted by molar-refractivity contribution is 7.80. The van der Waals surface area contributed by atoms with E-state index in [9.17, 15) is 14.4 Å². The van der Waals surface area contributed by atoms with Crippen molar-refractivity contribution >= 4 is 46.5 Å². The first-order valence-corrected chi connectivity index (χ1v) is 8.93. The van der Waals surface area contributed by atoms with E-state index >= 15 is 0 Å². The van der Waals surface area contributed by atoms with Gasteiger partial charge in [0.2, 0.25) is 5.91 Å². The second-order valence-corrected chi connectivity index (χ2v) is 6.58. The van der Waals surface area contributed by atoms with E-state index < -0.39 is 6.09 Å². The van der Waals surface area contributed by atoms with Crippen LogP contribution in [0.1, 0.15) is 29.8 Å². The van der Waals surface area contributed by atoms with Crippen LogP contribution in [0, 0.1) is 5.92 Å². The second-order valence-electron chi connectivity index (χ2n) is 6.17. The van der Waals surface area contributed by atoms with Crippen LogP contribution in [0.4, 0.5) is 16.2 Å². The molecule has 2 aromatic carbocycles. The molecule has 2 amide bonds. The Labute approximate surface area is 168 Å². The fourth-order valence-electron chi connectivity index (χ4n) is 2.23. The molecular weight excluding hydrogens is 378 g/mol. The highest BCUT2D eigenvalue weighted by atomic mass is 32.1. The fourth-order valence-corrected chi connectivity index (χ4v) is 2.42. The number of benzene rings is 2. The number of nitrogens with one attached hydrogen (secondary N) is 3. The van der Waals surface area contributed by atoms with E-state index in [1.165, 1.54) is 7.11 Å². The zero-order valence-electron chi connectivity index (χ0n) is 15.7. The van der Waals surface area contributed by atoms with Crippen LogP contribution in [0.5, 0.6) is 0 Å². The Bertz CT molecular complexity index is 898. The highest BCUT2D eigenvalue weighted by Gasteiger charge is 2.16. The minimum Gasteiger partial charge on any atom is -0.453 e. The van der Waals surface area contributed by atoms with E-state index in [1.54, 1.807) is 56.3 Å². The number of anilines is 2. The van der Waals surface area contributed by atoms with Gasteiger partial charge < -0.3 is 15.4 Å². The number of ether oxygens (including phenoxy) is 1. The van der Waals surface area contributed by atoms with Crippen LogP contribution in [0.2, 0.25) is 0 Å². The van der Waals surface area contributed by atoms with Gasteiger partial charge in [0, 0.05) is 17.0 Å². The number of alkyl carbamates (subject to hydrolysis) is 1.